The fourth-order valence-corrected chi connectivity index (χ4v) is 1.62. The molecule has 19 heavy (non-hydrogen) atoms. The van der Waals surface area contributed by atoms with E-state index >= 15 is 0 Å². The summed E-state index contributed by atoms with van der Waals surface area (Å²) in [4.78, 5) is 10.6. The zero-order chi connectivity index (χ0) is 14.1. The monoisotopic (exact) mass is 266 g/mol. The molecule has 1 rings (SSSR count). The van der Waals surface area contributed by atoms with Gasteiger partial charge in [-0.15, -0.1) is 0 Å². The summed E-state index contributed by atoms with van der Waals surface area (Å²) in [6, 6.07) is 5.63. The number of carbonyl (C=O) groups is 1. The Balaban J connectivity index is 2.77. The van der Waals surface area contributed by atoms with Crippen LogP contribution in [-0.4, -0.2) is 24.3 Å². The molecular weight excluding hydrogens is 244 g/mol. The number of carboxylic acids is 1. The molecule has 0 saturated heterocycles. The van der Waals surface area contributed by atoms with Gasteiger partial charge >= 0.3 is 5.97 Å². The SMILES string of the molecule is CCCOc1ccc(CCC(=O)O)cc1OCCC. The first kappa shape index (κ1) is 15.3. The number of aryl methyl sites for hydroxylation is 1. The van der Waals surface area contributed by atoms with Crippen molar-refractivity contribution < 1.29 is 19.4 Å². The van der Waals surface area contributed by atoms with Gasteiger partial charge in [-0.2, -0.15) is 0 Å². The Bertz CT molecular complexity index is 401. The van der Waals surface area contributed by atoms with Crippen molar-refractivity contribution in [3.8, 4) is 11.5 Å². The third-order valence-corrected chi connectivity index (χ3v) is 2.56. The number of carboxylic acid groups (broad SMARTS) is 1. The highest BCUT2D eigenvalue weighted by Gasteiger charge is 2.08. The molecule has 0 aliphatic rings. The van der Waals surface area contributed by atoms with E-state index in [9.17, 15) is 4.79 Å². The number of benzene rings is 1. The second-order valence-electron chi connectivity index (χ2n) is 4.37. The molecule has 0 aliphatic heterocycles. The van der Waals surface area contributed by atoms with Crippen LogP contribution in [0, 0.1) is 0 Å². The summed E-state index contributed by atoms with van der Waals surface area (Å²) in [5.74, 6) is 0.648. The fraction of sp³-hybridized carbons (Fsp3) is 0.533. The molecule has 1 N–H and O–H groups in total. The largest absolute Gasteiger partial charge is 0.490 e. The maximum Gasteiger partial charge on any atom is 0.303 e. The molecule has 0 spiro atoms. The molecule has 0 aromatic heterocycles. The molecule has 4 nitrogen and oxygen atoms in total. The standard InChI is InChI=1S/C15H22O4/c1-3-9-18-13-7-5-12(6-8-15(16)17)11-14(13)19-10-4-2/h5,7,11H,3-4,6,8-10H2,1-2H3,(H,16,17). The van der Waals surface area contributed by atoms with E-state index in [1.54, 1.807) is 0 Å². The highest BCUT2D eigenvalue weighted by molar-refractivity contribution is 5.67. The van der Waals surface area contributed by atoms with E-state index < -0.39 is 5.97 Å². The summed E-state index contributed by atoms with van der Waals surface area (Å²) in [5, 5.41) is 8.70. The Labute approximate surface area is 114 Å². The van der Waals surface area contributed by atoms with Crippen LogP contribution < -0.4 is 9.47 Å². The lowest BCUT2D eigenvalue weighted by atomic mass is 10.1. The van der Waals surface area contributed by atoms with Crippen LogP contribution in [0.3, 0.4) is 0 Å². The predicted octanol–water partition coefficient (Wildman–Crippen LogP) is 3.28. The van der Waals surface area contributed by atoms with Gasteiger partial charge in [-0.1, -0.05) is 19.9 Å². The Morgan fingerprint density at radius 2 is 1.74 bits per heavy atom. The molecular formula is C15H22O4. The van der Waals surface area contributed by atoms with Crippen LogP contribution >= 0.6 is 0 Å². The van der Waals surface area contributed by atoms with Crippen LogP contribution in [-0.2, 0) is 11.2 Å². The Hall–Kier alpha value is -1.71. The molecule has 106 valence electrons. The normalized spacial score (nSPS) is 10.2. The molecule has 1 aromatic rings. The Kier molecular flexibility index (Phi) is 6.79. The average molecular weight is 266 g/mol. The number of hydrogen-bond acceptors (Lipinski definition) is 3. The third kappa shape index (κ3) is 5.64. The number of hydrogen-bond donors (Lipinski definition) is 1. The van der Waals surface area contributed by atoms with Crippen LogP contribution in [0.25, 0.3) is 0 Å². The van der Waals surface area contributed by atoms with Crippen LogP contribution in [0.1, 0.15) is 38.7 Å². The van der Waals surface area contributed by atoms with E-state index in [0.717, 1.165) is 24.2 Å². The van der Waals surface area contributed by atoms with Crippen molar-refractivity contribution in [1.82, 2.24) is 0 Å². The zero-order valence-electron chi connectivity index (χ0n) is 11.6. The maximum atomic E-state index is 10.6. The summed E-state index contributed by atoms with van der Waals surface area (Å²) in [7, 11) is 0. The van der Waals surface area contributed by atoms with Gasteiger partial charge in [-0.3, -0.25) is 4.79 Å². The molecule has 0 fully saturated rings. The van der Waals surface area contributed by atoms with Crippen LogP contribution in [0.5, 0.6) is 11.5 Å². The van der Waals surface area contributed by atoms with E-state index in [1.165, 1.54) is 0 Å². The number of rotatable bonds is 9. The highest BCUT2D eigenvalue weighted by atomic mass is 16.5. The lowest BCUT2D eigenvalue weighted by Gasteiger charge is -2.13. The summed E-state index contributed by atoms with van der Waals surface area (Å²) >= 11 is 0. The minimum absolute atomic E-state index is 0.127. The van der Waals surface area contributed by atoms with Crippen molar-refractivity contribution >= 4 is 5.97 Å². The average Bonchev–Trinajstić information content (AvgIpc) is 2.41. The number of aliphatic carboxylic acids is 1. The summed E-state index contributed by atoms with van der Waals surface area (Å²) in [6.45, 7) is 5.37. The van der Waals surface area contributed by atoms with Crippen molar-refractivity contribution in [1.29, 1.82) is 0 Å². The lowest BCUT2D eigenvalue weighted by molar-refractivity contribution is -0.136. The molecule has 0 unspecified atom stereocenters. The van der Waals surface area contributed by atoms with E-state index in [-0.39, 0.29) is 6.42 Å². The van der Waals surface area contributed by atoms with Gasteiger partial charge in [0.15, 0.2) is 11.5 Å². The molecule has 0 bridgehead atoms. The molecule has 1 aromatic carbocycles. The van der Waals surface area contributed by atoms with Gasteiger partial charge in [-0.25, -0.2) is 0 Å². The Morgan fingerprint density at radius 3 is 2.32 bits per heavy atom. The molecule has 0 radical (unpaired) electrons. The van der Waals surface area contributed by atoms with Crippen molar-refractivity contribution in [3.63, 3.8) is 0 Å². The van der Waals surface area contributed by atoms with Crippen LogP contribution in [0.2, 0.25) is 0 Å². The highest BCUT2D eigenvalue weighted by Crippen LogP contribution is 2.29. The van der Waals surface area contributed by atoms with Gasteiger partial charge in [-0.05, 0) is 37.0 Å². The summed E-state index contributed by atoms with van der Waals surface area (Å²) in [5.41, 5.74) is 0.956. The van der Waals surface area contributed by atoms with Crippen LogP contribution in [0.15, 0.2) is 18.2 Å². The van der Waals surface area contributed by atoms with Gasteiger partial charge in [0.05, 0.1) is 13.2 Å². The van der Waals surface area contributed by atoms with Crippen molar-refractivity contribution in [3.05, 3.63) is 23.8 Å². The number of ether oxygens (including phenoxy) is 2. The predicted molar refractivity (Wildman–Crippen MR) is 74.0 cm³/mol. The van der Waals surface area contributed by atoms with Gasteiger partial charge in [0.2, 0.25) is 0 Å². The van der Waals surface area contributed by atoms with Crippen LogP contribution in [0.4, 0.5) is 0 Å². The van der Waals surface area contributed by atoms with Gasteiger partial charge in [0.1, 0.15) is 0 Å². The summed E-state index contributed by atoms with van der Waals surface area (Å²) in [6.07, 6.45) is 2.49. The summed E-state index contributed by atoms with van der Waals surface area (Å²) < 4.78 is 11.3. The second kappa shape index (κ2) is 8.40. The van der Waals surface area contributed by atoms with Gasteiger partial charge in [0, 0.05) is 6.42 Å². The van der Waals surface area contributed by atoms with Gasteiger partial charge < -0.3 is 14.6 Å². The molecule has 0 saturated carbocycles. The third-order valence-electron chi connectivity index (χ3n) is 2.56. The smallest absolute Gasteiger partial charge is 0.303 e. The minimum atomic E-state index is -0.790. The second-order valence-corrected chi connectivity index (χ2v) is 4.37. The molecule has 4 heteroatoms. The lowest BCUT2D eigenvalue weighted by Crippen LogP contribution is -2.03. The van der Waals surface area contributed by atoms with E-state index in [0.29, 0.717) is 25.4 Å². The van der Waals surface area contributed by atoms with E-state index in [1.807, 2.05) is 32.0 Å². The van der Waals surface area contributed by atoms with Crippen molar-refractivity contribution in [2.75, 3.05) is 13.2 Å². The van der Waals surface area contributed by atoms with Crippen molar-refractivity contribution in [2.24, 2.45) is 0 Å². The first-order valence-electron chi connectivity index (χ1n) is 6.77. The fourth-order valence-electron chi connectivity index (χ4n) is 1.62. The van der Waals surface area contributed by atoms with Gasteiger partial charge in [0.25, 0.3) is 0 Å². The molecule has 0 amide bonds. The maximum absolute atomic E-state index is 10.6. The first-order chi connectivity index (χ1) is 9.17. The van der Waals surface area contributed by atoms with E-state index in [2.05, 4.69) is 0 Å². The first-order valence-corrected chi connectivity index (χ1v) is 6.77. The quantitative estimate of drug-likeness (QED) is 0.745. The zero-order valence-corrected chi connectivity index (χ0v) is 11.6. The molecule has 0 heterocycles. The Morgan fingerprint density at radius 1 is 1.11 bits per heavy atom. The molecule has 0 atom stereocenters. The van der Waals surface area contributed by atoms with E-state index in [4.69, 9.17) is 14.6 Å². The molecule has 0 aliphatic carbocycles. The topological polar surface area (TPSA) is 55.8 Å². The van der Waals surface area contributed by atoms with Crippen molar-refractivity contribution in [2.45, 2.75) is 39.5 Å². The minimum Gasteiger partial charge on any atom is -0.490 e.